The number of esters is 1. The number of hydrogen-bond donors (Lipinski definition) is 1. The molecule has 1 heterocycles. The van der Waals surface area contributed by atoms with Crippen molar-refractivity contribution in [3.63, 3.8) is 0 Å². The van der Waals surface area contributed by atoms with Gasteiger partial charge in [0.05, 0.1) is 18.4 Å². The number of rotatable bonds is 6. The van der Waals surface area contributed by atoms with Gasteiger partial charge in [0.2, 0.25) is 0 Å². The normalized spacial score (nSPS) is 10.4. The molecule has 0 radical (unpaired) electrons. The second kappa shape index (κ2) is 6.88. The first-order chi connectivity index (χ1) is 9.35. The van der Waals surface area contributed by atoms with Gasteiger partial charge in [-0.05, 0) is 25.0 Å². The van der Waals surface area contributed by atoms with Crippen molar-refractivity contribution >= 4 is 17.8 Å². The number of carbonyl (C=O) groups is 2. The van der Waals surface area contributed by atoms with Crippen LogP contribution >= 0.6 is 0 Å². The van der Waals surface area contributed by atoms with Gasteiger partial charge < -0.3 is 14.7 Å². The summed E-state index contributed by atoms with van der Waals surface area (Å²) >= 11 is 0. The van der Waals surface area contributed by atoms with Crippen molar-refractivity contribution in [2.45, 2.75) is 20.8 Å². The summed E-state index contributed by atoms with van der Waals surface area (Å²) in [5.41, 5.74) is 0.907. The summed E-state index contributed by atoms with van der Waals surface area (Å²) in [6.07, 6.45) is 0. The number of hydrogen-bond acceptors (Lipinski definition) is 5. The van der Waals surface area contributed by atoms with Gasteiger partial charge in [0.25, 0.3) is 0 Å². The number of carboxylic acids is 1. The van der Waals surface area contributed by atoms with Gasteiger partial charge in [-0.2, -0.15) is 0 Å². The van der Waals surface area contributed by atoms with Crippen LogP contribution < -0.4 is 4.90 Å². The summed E-state index contributed by atoms with van der Waals surface area (Å²) in [6.45, 7) is 6.16. The molecule has 0 spiro atoms. The van der Waals surface area contributed by atoms with E-state index >= 15 is 0 Å². The summed E-state index contributed by atoms with van der Waals surface area (Å²) in [7, 11) is 1.31. The molecule has 1 N–H and O–H groups in total. The number of nitrogens with zero attached hydrogens (tertiary/aromatic N) is 2. The molecular formula is C14H20N2O4. The third-order valence-corrected chi connectivity index (χ3v) is 2.71. The number of pyridine rings is 1. The highest BCUT2D eigenvalue weighted by molar-refractivity contribution is 5.90. The Labute approximate surface area is 118 Å². The average Bonchev–Trinajstić information content (AvgIpc) is 2.35. The predicted molar refractivity (Wildman–Crippen MR) is 75.0 cm³/mol. The molecule has 110 valence electrons. The highest BCUT2D eigenvalue weighted by atomic mass is 16.5. The molecule has 0 saturated carbocycles. The Kier molecular flexibility index (Phi) is 5.49. The molecule has 0 fully saturated rings. The van der Waals surface area contributed by atoms with Gasteiger partial charge in [0.15, 0.2) is 0 Å². The second-order valence-electron chi connectivity index (χ2n) is 4.96. The third-order valence-electron chi connectivity index (χ3n) is 2.71. The lowest BCUT2D eigenvalue weighted by Gasteiger charge is -2.24. The largest absolute Gasteiger partial charge is 0.480 e. The van der Waals surface area contributed by atoms with E-state index in [1.54, 1.807) is 24.0 Å². The standard InChI is InChI=1S/C14H20N2O4/c1-9(2)7-16(8-13(17)18)12-6-5-11(10(3)15-12)14(19)20-4/h5-6,9H,7-8H2,1-4H3,(H,17,18). The zero-order chi connectivity index (χ0) is 15.3. The highest BCUT2D eigenvalue weighted by Gasteiger charge is 2.16. The van der Waals surface area contributed by atoms with Crippen molar-refractivity contribution in [3.05, 3.63) is 23.4 Å². The number of aryl methyl sites for hydroxylation is 1. The fraction of sp³-hybridized carbons (Fsp3) is 0.500. The zero-order valence-corrected chi connectivity index (χ0v) is 12.2. The Hall–Kier alpha value is -2.11. The van der Waals surface area contributed by atoms with Gasteiger partial charge in [-0.15, -0.1) is 0 Å². The maximum Gasteiger partial charge on any atom is 0.339 e. The minimum absolute atomic E-state index is 0.123. The molecule has 6 nitrogen and oxygen atoms in total. The fourth-order valence-corrected chi connectivity index (χ4v) is 1.89. The molecule has 0 aliphatic rings. The lowest BCUT2D eigenvalue weighted by molar-refractivity contribution is -0.135. The smallest absolute Gasteiger partial charge is 0.339 e. The Morgan fingerprint density at radius 1 is 1.40 bits per heavy atom. The molecule has 0 aliphatic heterocycles. The van der Waals surface area contributed by atoms with E-state index in [-0.39, 0.29) is 6.54 Å². The molecule has 20 heavy (non-hydrogen) atoms. The molecule has 1 rings (SSSR count). The molecule has 0 amide bonds. The van der Waals surface area contributed by atoms with Crippen LogP contribution in [0.15, 0.2) is 12.1 Å². The van der Waals surface area contributed by atoms with E-state index in [4.69, 9.17) is 5.11 Å². The second-order valence-corrected chi connectivity index (χ2v) is 4.96. The molecule has 0 atom stereocenters. The van der Waals surface area contributed by atoms with Crippen LogP contribution in [-0.2, 0) is 9.53 Å². The number of aliphatic carboxylic acids is 1. The summed E-state index contributed by atoms with van der Waals surface area (Å²) in [5.74, 6) is -0.514. The van der Waals surface area contributed by atoms with Crippen LogP contribution in [0.5, 0.6) is 0 Å². The quantitative estimate of drug-likeness (QED) is 0.799. The van der Waals surface area contributed by atoms with Crippen LogP contribution in [0.25, 0.3) is 0 Å². The van der Waals surface area contributed by atoms with E-state index < -0.39 is 11.9 Å². The summed E-state index contributed by atoms with van der Waals surface area (Å²) in [6, 6.07) is 3.25. The van der Waals surface area contributed by atoms with Gasteiger partial charge in [0, 0.05) is 6.54 Å². The lowest BCUT2D eigenvalue weighted by atomic mass is 10.2. The number of anilines is 1. The maximum absolute atomic E-state index is 11.5. The molecule has 0 aromatic carbocycles. The highest BCUT2D eigenvalue weighted by Crippen LogP contribution is 2.17. The Morgan fingerprint density at radius 2 is 2.05 bits per heavy atom. The summed E-state index contributed by atoms with van der Waals surface area (Å²) in [5, 5.41) is 8.96. The Balaban J connectivity index is 3.05. The Bertz CT molecular complexity index is 500. The van der Waals surface area contributed by atoms with Gasteiger partial charge in [-0.3, -0.25) is 4.79 Å². The van der Waals surface area contributed by atoms with Crippen molar-refractivity contribution in [3.8, 4) is 0 Å². The number of methoxy groups -OCH3 is 1. The van der Waals surface area contributed by atoms with Gasteiger partial charge >= 0.3 is 11.9 Å². The van der Waals surface area contributed by atoms with E-state index in [0.29, 0.717) is 29.5 Å². The van der Waals surface area contributed by atoms with Crippen LogP contribution in [0.3, 0.4) is 0 Å². The first-order valence-corrected chi connectivity index (χ1v) is 6.37. The predicted octanol–water partition coefficient (Wildman–Crippen LogP) is 1.72. The third kappa shape index (κ3) is 4.22. The van der Waals surface area contributed by atoms with E-state index in [0.717, 1.165) is 0 Å². The minimum atomic E-state index is -0.915. The zero-order valence-electron chi connectivity index (χ0n) is 12.2. The maximum atomic E-state index is 11.5. The van der Waals surface area contributed by atoms with Crippen molar-refractivity contribution in [1.82, 2.24) is 4.98 Å². The molecule has 6 heteroatoms. The molecule has 1 aromatic heterocycles. The molecule has 0 unspecified atom stereocenters. The van der Waals surface area contributed by atoms with E-state index in [9.17, 15) is 9.59 Å². The topological polar surface area (TPSA) is 79.7 Å². The van der Waals surface area contributed by atoms with Gasteiger partial charge in [0.1, 0.15) is 12.4 Å². The number of carbonyl (C=O) groups excluding carboxylic acids is 1. The first kappa shape index (κ1) is 15.9. The van der Waals surface area contributed by atoms with Crippen LogP contribution in [-0.4, -0.2) is 42.2 Å². The van der Waals surface area contributed by atoms with Crippen molar-refractivity contribution < 1.29 is 19.4 Å². The van der Waals surface area contributed by atoms with Gasteiger partial charge in [-0.1, -0.05) is 13.8 Å². The summed E-state index contributed by atoms with van der Waals surface area (Å²) in [4.78, 5) is 28.4. The van der Waals surface area contributed by atoms with E-state index in [1.165, 1.54) is 7.11 Å². The Morgan fingerprint density at radius 3 is 2.50 bits per heavy atom. The molecule has 1 aromatic rings. The fourth-order valence-electron chi connectivity index (χ4n) is 1.89. The van der Waals surface area contributed by atoms with Crippen LogP contribution in [0.4, 0.5) is 5.82 Å². The van der Waals surface area contributed by atoms with Gasteiger partial charge in [-0.25, -0.2) is 9.78 Å². The number of aromatic nitrogens is 1. The van der Waals surface area contributed by atoms with E-state index in [1.807, 2.05) is 13.8 Å². The number of carboxylic acid groups (broad SMARTS) is 1. The molecule has 0 aliphatic carbocycles. The average molecular weight is 280 g/mol. The van der Waals surface area contributed by atoms with Crippen LogP contribution in [0.2, 0.25) is 0 Å². The first-order valence-electron chi connectivity index (χ1n) is 6.37. The van der Waals surface area contributed by atoms with Crippen LogP contribution in [0, 0.1) is 12.8 Å². The number of ether oxygens (including phenoxy) is 1. The molecule has 0 saturated heterocycles. The van der Waals surface area contributed by atoms with Crippen molar-refractivity contribution in [1.29, 1.82) is 0 Å². The lowest BCUT2D eigenvalue weighted by Crippen LogP contribution is -2.33. The minimum Gasteiger partial charge on any atom is -0.480 e. The summed E-state index contributed by atoms with van der Waals surface area (Å²) < 4.78 is 4.66. The SMILES string of the molecule is COC(=O)c1ccc(N(CC(=O)O)CC(C)C)nc1C. The van der Waals surface area contributed by atoms with Crippen molar-refractivity contribution in [2.24, 2.45) is 5.92 Å². The van der Waals surface area contributed by atoms with Crippen LogP contribution in [0.1, 0.15) is 29.9 Å². The van der Waals surface area contributed by atoms with Crippen molar-refractivity contribution in [2.75, 3.05) is 25.1 Å². The molecular weight excluding hydrogens is 260 g/mol. The molecule has 0 bridgehead atoms. The monoisotopic (exact) mass is 280 g/mol. The van der Waals surface area contributed by atoms with E-state index in [2.05, 4.69) is 9.72 Å².